The quantitative estimate of drug-likeness (QED) is 0.739. The molecule has 0 bridgehead atoms. The molecule has 2 nitrogen and oxygen atoms in total. The molecular weight excluding hydrogens is 156 g/mol. The lowest BCUT2D eigenvalue weighted by Crippen LogP contribution is -2.03. The van der Waals surface area contributed by atoms with Crippen molar-refractivity contribution in [1.82, 2.24) is 4.98 Å². The Morgan fingerprint density at radius 3 is 2.36 bits per heavy atom. The van der Waals surface area contributed by atoms with Gasteiger partial charge in [-0.05, 0) is 12.8 Å². The van der Waals surface area contributed by atoms with E-state index in [0.717, 1.165) is 5.01 Å². The fraction of sp³-hybridized carbons (Fsp3) is 0.625. The molecule has 3 heteroatoms. The van der Waals surface area contributed by atoms with Crippen molar-refractivity contribution in [3.05, 3.63) is 16.1 Å². The summed E-state index contributed by atoms with van der Waals surface area (Å²) in [7, 11) is 0. The fourth-order valence-corrected chi connectivity index (χ4v) is 1.65. The van der Waals surface area contributed by atoms with Crippen LogP contribution in [0.15, 0.2) is 6.20 Å². The Labute approximate surface area is 71.5 Å². The Morgan fingerprint density at radius 2 is 2.09 bits per heavy atom. The Hall–Kier alpha value is -0.410. The second-order valence-electron chi connectivity index (χ2n) is 3.04. The molecule has 62 valence electrons. The molecule has 11 heavy (non-hydrogen) atoms. The molecule has 0 saturated heterocycles. The highest BCUT2D eigenvalue weighted by Crippen LogP contribution is 2.24. The molecule has 1 rings (SSSR count). The topological polar surface area (TPSA) is 38.9 Å². The highest BCUT2D eigenvalue weighted by molar-refractivity contribution is 7.11. The number of aromatic nitrogens is 1. The van der Waals surface area contributed by atoms with Crippen LogP contribution in [0.5, 0.6) is 0 Å². The monoisotopic (exact) mass is 170 g/mol. The van der Waals surface area contributed by atoms with Crippen molar-refractivity contribution >= 4 is 11.3 Å². The van der Waals surface area contributed by atoms with Crippen LogP contribution < -0.4 is 5.73 Å². The molecule has 0 fully saturated rings. The Balaban J connectivity index is 2.82. The van der Waals surface area contributed by atoms with E-state index in [4.69, 9.17) is 5.73 Å². The van der Waals surface area contributed by atoms with Gasteiger partial charge in [-0.15, -0.1) is 11.3 Å². The first-order valence-corrected chi connectivity index (χ1v) is 4.64. The standard InChI is InChI=1S/C8H14N2S/c1-5(2)7-4-10-8(11-7)6(3)9/h4-6H,9H2,1-3H3. The van der Waals surface area contributed by atoms with E-state index in [0.29, 0.717) is 5.92 Å². The van der Waals surface area contributed by atoms with Gasteiger partial charge in [0.05, 0.1) is 6.04 Å². The third kappa shape index (κ3) is 2.01. The average Bonchev–Trinajstić information content (AvgIpc) is 2.33. The summed E-state index contributed by atoms with van der Waals surface area (Å²) in [5, 5.41) is 1.04. The number of nitrogens with two attached hydrogens (primary N) is 1. The molecule has 1 unspecified atom stereocenters. The van der Waals surface area contributed by atoms with Crippen molar-refractivity contribution in [3.8, 4) is 0 Å². The molecule has 0 radical (unpaired) electrons. The SMILES string of the molecule is CC(C)c1cnc(C(C)N)s1. The van der Waals surface area contributed by atoms with Crippen LogP contribution in [0.25, 0.3) is 0 Å². The zero-order chi connectivity index (χ0) is 8.43. The first-order chi connectivity index (χ1) is 5.11. The molecule has 1 aromatic heterocycles. The number of rotatable bonds is 2. The van der Waals surface area contributed by atoms with Crippen LogP contribution in [0.4, 0.5) is 0 Å². The molecule has 0 aliphatic heterocycles. The first-order valence-electron chi connectivity index (χ1n) is 3.82. The summed E-state index contributed by atoms with van der Waals surface area (Å²) in [6.07, 6.45) is 1.92. The molecule has 1 heterocycles. The van der Waals surface area contributed by atoms with Crippen molar-refractivity contribution in [1.29, 1.82) is 0 Å². The summed E-state index contributed by atoms with van der Waals surface area (Å²) in [4.78, 5) is 5.55. The van der Waals surface area contributed by atoms with Gasteiger partial charge in [0.25, 0.3) is 0 Å². The highest BCUT2D eigenvalue weighted by Gasteiger charge is 2.07. The van der Waals surface area contributed by atoms with Gasteiger partial charge in [0, 0.05) is 11.1 Å². The molecular formula is C8H14N2S. The smallest absolute Gasteiger partial charge is 0.109 e. The molecule has 1 aromatic rings. The van der Waals surface area contributed by atoms with Crippen LogP contribution >= 0.6 is 11.3 Å². The van der Waals surface area contributed by atoms with E-state index in [1.54, 1.807) is 11.3 Å². The van der Waals surface area contributed by atoms with Crippen molar-refractivity contribution < 1.29 is 0 Å². The van der Waals surface area contributed by atoms with Gasteiger partial charge < -0.3 is 5.73 Å². The summed E-state index contributed by atoms with van der Waals surface area (Å²) < 4.78 is 0. The second kappa shape index (κ2) is 3.32. The molecule has 0 aliphatic rings. The molecule has 0 aromatic carbocycles. The normalized spacial score (nSPS) is 13.9. The van der Waals surface area contributed by atoms with Gasteiger partial charge in [-0.3, -0.25) is 0 Å². The van der Waals surface area contributed by atoms with E-state index in [1.165, 1.54) is 4.88 Å². The molecule has 1 atom stereocenters. The largest absolute Gasteiger partial charge is 0.322 e. The Kier molecular flexibility index (Phi) is 2.62. The van der Waals surface area contributed by atoms with Gasteiger partial charge in [-0.2, -0.15) is 0 Å². The van der Waals surface area contributed by atoms with E-state index in [9.17, 15) is 0 Å². The lowest BCUT2D eigenvalue weighted by Gasteiger charge is -1.98. The van der Waals surface area contributed by atoms with Gasteiger partial charge in [-0.1, -0.05) is 13.8 Å². The van der Waals surface area contributed by atoms with Gasteiger partial charge >= 0.3 is 0 Å². The third-order valence-corrected chi connectivity index (χ3v) is 3.00. The Morgan fingerprint density at radius 1 is 1.45 bits per heavy atom. The summed E-state index contributed by atoms with van der Waals surface area (Å²) in [5.41, 5.74) is 5.68. The van der Waals surface area contributed by atoms with Crippen molar-refractivity contribution in [3.63, 3.8) is 0 Å². The maximum absolute atomic E-state index is 5.68. The molecule has 0 saturated carbocycles. The van der Waals surface area contributed by atoms with Crippen LogP contribution in [0.3, 0.4) is 0 Å². The minimum Gasteiger partial charge on any atom is -0.322 e. The van der Waals surface area contributed by atoms with Crippen molar-refractivity contribution in [2.24, 2.45) is 5.73 Å². The first kappa shape index (κ1) is 8.68. The second-order valence-corrected chi connectivity index (χ2v) is 4.14. The van der Waals surface area contributed by atoms with E-state index in [-0.39, 0.29) is 6.04 Å². The maximum atomic E-state index is 5.68. The number of hydrogen-bond donors (Lipinski definition) is 1. The van der Waals surface area contributed by atoms with E-state index >= 15 is 0 Å². The maximum Gasteiger partial charge on any atom is 0.109 e. The summed E-state index contributed by atoms with van der Waals surface area (Å²) in [6.45, 7) is 6.29. The predicted octanol–water partition coefficient (Wildman–Crippen LogP) is 2.29. The molecule has 0 spiro atoms. The molecule has 2 N–H and O–H groups in total. The molecule has 0 amide bonds. The van der Waals surface area contributed by atoms with Crippen LogP contribution in [0.2, 0.25) is 0 Å². The summed E-state index contributed by atoms with van der Waals surface area (Å²) in [5.74, 6) is 0.569. The number of hydrogen-bond acceptors (Lipinski definition) is 3. The van der Waals surface area contributed by atoms with Crippen LogP contribution in [0, 0.1) is 0 Å². The predicted molar refractivity (Wildman–Crippen MR) is 48.8 cm³/mol. The van der Waals surface area contributed by atoms with Gasteiger partial charge in [-0.25, -0.2) is 4.98 Å². The van der Waals surface area contributed by atoms with Crippen molar-refractivity contribution in [2.45, 2.75) is 32.7 Å². The zero-order valence-electron chi connectivity index (χ0n) is 7.16. The number of thiazole rings is 1. The van der Waals surface area contributed by atoms with E-state index in [1.807, 2.05) is 13.1 Å². The van der Waals surface area contributed by atoms with Crippen LogP contribution in [-0.2, 0) is 0 Å². The average molecular weight is 170 g/mol. The number of nitrogens with zero attached hydrogens (tertiary/aromatic N) is 1. The van der Waals surface area contributed by atoms with Crippen molar-refractivity contribution in [2.75, 3.05) is 0 Å². The van der Waals surface area contributed by atoms with Gasteiger partial charge in [0.2, 0.25) is 0 Å². The van der Waals surface area contributed by atoms with E-state index in [2.05, 4.69) is 18.8 Å². The van der Waals surface area contributed by atoms with Crippen LogP contribution in [-0.4, -0.2) is 4.98 Å². The minimum atomic E-state index is 0.0764. The van der Waals surface area contributed by atoms with E-state index < -0.39 is 0 Å². The summed E-state index contributed by atoms with van der Waals surface area (Å²) in [6, 6.07) is 0.0764. The van der Waals surface area contributed by atoms with Gasteiger partial charge in [0.1, 0.15) is 5.01 Å². The lowest BCUT2D eigenvalue weighted by atomic mass is 10.2. The fourth-order valence-electron chi connectivity index (χ4n) is 0.778. The summed E-state index contributed by atoms with van der Waals surface area (Å²) >= 11 is 1.71. The molecule has 0 aliphatic carbocycles. The van der Waals surface area contributed by atoms with Crippen LogP contribution in [0.1, 0.15) is 42.6 Å². The zero-order valence-corrected chi connectivity index (χ0v) is 7.98. The third-order valence-electron chi connectivity index (χ3n) is 1.50. The van der Waals surface area contributed by atoms with Gasteiger partial charge in [0.15, 0.2) is 0 Å². The lowest BCUT2D eigenvalue weighted by molar-refractivity contribution is 0.806. The highest BCUT2D eigenvalue weighted by atomic mass is 32.1. The Bertz CT molecular complexity index is 205. The minimum absolute atomic E-state index is 0.0764.